The van der Waals surface area contributed by atoms with Gasteiger partial charge in [0.2, 0.25) is 5.91 Å². The monoisotopic (exact) mass is 334 g/mol. The van der Waals surface area contributed by atoms with Crippen molar-refractivity contribution in [3.8, 4) is 0 Å². The van der Waals surface area contributed by atoms with E-state index in [1.54, 1.807) is 6.20 Å². The molecular formula is C15H18N4OS2. The summed E-state index contributed by atoms with van der Waals surface area (Å²) in [4.78, 5) is 25.2. The number of thiazole rings is 1. The van der Waals surface area contributed by atoms with Gasteiger partial charge in [-0.1, -0.05) is 0 Å². The molecule has 1 saturated carbocycles. The van der Waals surface area contributed by atoms with Crippen molar-refractivity contribution in [3.05, 3.63) is 38.3 Å². The van der Waals surface area contributed by atoms with Crippen LogP contribution in [0.4, 0.5) is 0 Å². The molecule has 1 amide bonds. The van der Waals surface area contributed by atoms with Crippen molar-refractivity contribution in [2.45, 2.75) is 39.2 Å². The van der Waals surface area contributed by atoms with Gasteiger partial charge in [-0.25, -0.2) is 9.97 Å². The van der Waals surface area contributed by atoms with Crippen LogP contribution in [0.25, 0.3) is 0 Å². The second-order valence-corrected chi connectivity index (χ2v) is 7.45. The zero-order chi connectivity index (χ0) is 15.7. The molecule has 3 rings (SSSR count). The van der Waals surface area contributed by atoms with Crippen LogP contribution in [0.5, 0.6) is 0 Å². The van der Waals surface area contributed by atoms with Gasteiger partial charge in [-0.2, -0.15) is 0 Å². The highest BCUT2D eigenvalue weighted by Crippen LogP contribution is 2.40. The zero-order valence-electron chi connectivity index (χ0n) is 12.5. The van der Waals surface area contributed by atoms with E-state index in [0.717, 1.165) is 29.1 Å². The van der Waals surface area contributed by atoms with Crippen molar-refractivity contribution in [3.63, 3.8) is 0 Å². The molecule has 1 aliphatic rings. The number of nitrogens with one attached hydrogen (secondary N) is 2. The van der Waals surface area contributed by atoms with E-state index in [2.05, 4.69) is 20.3 Å². The molecular weight excluding hydrogens is 316 g/mol. The highest BCUT2D eigenvalue weighted by atomic mass is 32.1. The fraction of sp³-hybridized carbons (Fsp3) is 0.467. The average molecular weight is 334 g/mol. The molecule has 0 radical (unpaired) electrons. The summed E-state index contributed by atoms with van der Waals surface area (Å²) in [6.07, 6.45) is 4.33. The molecule has 1 atom stereocenters. The van der Waals surface area contributed by atoms with Crippen LogP contribution >= 0.6 is 23.6 Å². The second kappa shape index (κ2) is 6.26. The van der Waals surface area contributed by atoms with E-state index >= 15 is 0 Å². The van der Waals surface area contributed by atoms with Gasteiger partial charge < -0.3 is 10.3 Å². The summed E-state index contributed by atoms with van der Waals surface area (Å²) in [5.41, 5.74) is 1.89. The first-order valence-corrected chi connectivity index (χ1v) is 8.53. The maximum absolute atomic E-state index is 12.4. The lowest BCUT2D eigenvalue weighted by Crippen LogP contribution is -2.32. The van der Waals surface area contributed by atoms with Crippen LogP contribution in [0.3, 0.4) is 0 Å². The normalized spacial score (nSPS) is 15.5. The highest BCUT2D eigenvalue weighted by Gasteiger charge is 2.35. The van der Waals surface area contributed by atoms with Gasteiger partial charge in [0, 0.05) is 22.5 Å². The number of rotatable bonds is 5. The minimum absolute atomic E-state index is 0.00430. The third-order valence-corrected chi connectivity index (χ3v) is 5.08. The number of amides is 1. The fourth-order valence-corrected chi connectivity index (χ4v) is 3.71. The zero-order valence-corrected chi connectivity index (χ0v) is 14.2. The van der Waals surface area contributed by atoms with Crippen LogP contribution in [0.15, 0.2) is 12.3 Å². The van der Waals surface area contributed by atoms with Crippen molar-refractivity contribution >= 4 is 29.5 Å². The number of carbonyl (C=O) groups excluding carboxylic acids is 1. The van der Waals surface area contributed by atoms with E-state index in [4.69, 9.17) is 12.2 Å². The lowest BCUT2D eigenvalue weighted by molar-refractivity contribution is -0.121. The smallest absolute Gasteiger partial charge is 0.225 e. The van der Waals surface area contributed by atoms with E-state index in [1.165, 1.54) is 11.3 Å². The van der Waals surface area contributed by atoms with Crippen molar-refractivity contribution in [2.24, 2.45) is 5.92 Å². The van der Waals surface area contributed by atoms with E-state index < -0.39 is 0 Å². The van der Waals surface area contributed by atoms with Gasteiger partial charge in [0.05, 0.1) is 12.5 Å². The number of hydrogen-bond donors (Lipinski definition) is 2. The highest BCUT2D eigenvalue weighted by molar-refractivity contribution is 7.73. The lowest BCUT2D eigenvalue weighted by atomic mass is 10.1. The lowest BCUT2D eigenvalue weighted by Gasteiger charge is -2.17. The van der Waals surface area contributed by atoms with Crippen molar-refractivity contribution in [1.82, 2.24) is 20.3 Å². The predicted molar refractivity (Wildman–Crippen MR) is 88.3 cm³/mol. The van der Waals surface area contributed by atoms with Crippen LogP contribution in [-0.4, -0.2) is 20.9 Å². The molecule has 0 bridgehead atoms. The van der Waals surface area contributed by atoms with Crippen LogP contribution in [0.2, 0.25) is 0 Å². The SMILES string of the molecule is Cc1ccnc(C(NC(=O)Cc2sc(=S)[nH]c2C)C2CC2)n1. The Labute approximate surface area is 138 Å². The maximum Gasteiger partial charge on any atom is 0.225 e. The average Bonchev–Trinajstić information content (AvgIpc) is 3.23. The number of hydrogen-bond acceptors (Lipinski definition) is 5. The summed E-state index contributed by atoms with van der Waals surface area (Å²) >= 11 is 6.57. The fourth-order valence-electron chi connectivity index (χ4n) is 2.42. The van der Waals surface area contributed by atoms with Gasteiger partial charge in [0.1, 0.15) is 0 Å². The van der Waals surface area contributed by atoms with Crippen LogP contribution in [0, 0.1) is 23.7 Å². The van der Waals surface area contributed by atoms with Crippen LogP contribution in [0.1, 0.15) is 41.0 Å². The quantitative estimate of drug-likeness (QED) is 0.825. The van der Waals surface area contributed by atoms with Crippen LogP contribution in [-0.2, 0) is 11.2 Å². The first kappa shape index (κ1) is 15.3. The molecule has 2 heterocycles. The topological polar surface area (TPSA) is 70.7 Å². The summed E-state index contributed by atoms with van der Waals surface area (Å²) in [6.45, 7) is 3.88. The Bertz CT molecular complexity index is 748. The molecule has 0 aliphatic heterocycles. The number of carbonyl (C=O) groups is 1. The predicted octanol–water partition coefficient (Wildman–Crippen LogP) is 3.02. The number of aryl methyl sites for hydroxylation is 2. The van der Waals surface area contributed by atoms with Crippen LogP contribution < -0.4 is 5.32 Å². The maximum atomic E-state index is 12.4. The largest absolute Gasteiger partial charge is 0.345 e. The molecule has 1 unspecified atom stereocenters. The van der Waals surface area contributed by atoms with E-state index in [9.17, 15) is 4.79 Å². The molecule has 5 nitrogen and oxygen atoms in total. The summed E-state index contributed by atoms with van der Waals surface area (Å²) in [5.74, 6) is 1.17. The van der Waals surface area contributed by atoms with E-state index in [-0.39, 0.29) is 11.9 Å². The first-order chi connectivity index (χ1) is 10.5. The molecule has 2 aromatic heterocycles. The molecule has 116 valence electrons. The number of H-pyrrole nitrogens is 1. The Kier molecular flexibility index (Phi) is 4.35. The molecule has 7 heteroatoms. The van der Waals surface area contributed by atoms with Gasteiger partial charge in [-0.15, -0.1) is 11.3 Å². The molecule has 2 N–H and O–H groups in total. The molecule has 1 aliphatic carbocycles. The molecule has 22 heavy (non-hydrogen) atoms. The molecule has 0 aromatic carbocycles. The molecule has 0 saturated heterocycles. The van der Waals surface area contributed by atoms with Gasteiger partial charge in [0.15, 0.2) is 9.78 Å². The second-order valence-electron chi connectivity index (χ2n) is 5.68. The van der Waals surface area contributed by atoms with Gasteiger partial charge >= 0.3 is 0 Å². The summed E-state index contributed by atoms with van der Waals surface area (Å²) in [6, 6.07) is 1.78. The Morgan fingerprint density at radius 1 is 1.55 bits per heavy atom. The van der Waals surface area contributed by atoms with Crippen molar-refractivity contribution in [2.75, 3.05) is 0 Å². The van der Waals surface area contributed by atoms with Gasteiger partial charge in [0.25, 0.3) is 0 Å². The molecule has 1 fully saturated rings. The van der Waals surface area contributed by atoms with Crippen molar-refractivity contribution in [1.29, 1.82) is 0 Å². The summed E-state index contributed by atoms with van der Waals surface area (Å²) in [7, 11) is 0. The van der Waals surface area contributed by atoms with E-state index in [1.807, 2.05) is 19.9 Å². The van der Waals surface area contributed by atoms with E-state index in [0.29, 0.717) is 22.1 Å². The summed E-state index contributed by atoms with van der Waals surface area (Å²) < 4.78 is 0.709. The third kappa shape index (κ3) is 3.59. The number of aromatic nitrogens is 3. The minimum atomic E-state index is -0.0837. The minimum Gasteiger partial charge on any atom is -0.345 e. The standard InChI is InChI=1S/C15H18N4OS2/c1-8-5-6-16-14(17-8)13(10-3-4-10)19-12(20)7-11-9(2)18-15(21)22-11/h5-6,10,13H,3-4,7H2,1-2H3,(H,18,21)(H,19,20). The molecule has 0 spiro atoms. The number of aromatic amines is 1. The Hall–Kier alpha value is -1.60. The Morgan fingerprint density at radius 2 is 2.32 bits per heavy atom. The first-order valence-electron chi connectivity index (χ1n) is 7.30. The van der Waals surface area contributed by atoms with Crippen molar-refractivity contribution < 1.29 is 4.79 Å². The summed E-state index contributed by atoms with van der Waals surface area (Å²) in [5, 5.41) is 3.10. The number of nitrogens with zero attached hydrogens (tertiary/aromatic N) is 2. The van der Waals surface area contributed by atoms with Gasteiger partial charge in [-0.3, -0.25) is 4.79 Å². The Morgan fingerprint density at radius 3 is 2.91 bits per heavy atom. The van der Waals surface area contributed by atoms with Gasteiger partial charge in [-0.05, 0) is 50.9 Å². The molecule has 2 aromatic rings. The third-order valence-electron chi connectivity index (χ3n) is 3.75. The Balaban J connectivity index is 1.72.